The first-order chi connectivity index (χ1) is 27.2. The van der Waals surface area contributed by atoms with E-state index < -0.39 is 114 Å². The zero-order valence-corrected chi connectivity index (χ0v) is 35.8. The Labute approximate surface area is 342 Å². The van der Waals surface area contributed by atoms with Crippen LogP contribution < -0.4 is 0 Å². The van der Waals surface area contributed by atoms with Gasteiger partial charge in [-0.25, -0.2) is 0 Å². The lowest BCUT2D eigenvalue weighted by Gasteiger charge is -2.69. The second kappa shape index (κ2) is 16.5. The molecule has 7 aliphatic rings. The van der Waals surface area contributed by atoms with Gasteiger partial charge in [0.05, 0.1) is 59.8 Å². The Hall–Kier alpha value is -0.640. The number of methoxy groups -OCH3 is 3. The molecule has 7 rings (SSSR count). The predicted molar refractivity (Wildman–Crippen MR) is 204 cm³/mol. The number of aliphatic hydroxyl groups excluding tert-OH is 4. The largest absolute Gasteiger partial charge is 0.392 e. The van der Waals surface area contributed by atoms with E-state index >= 15 is 0 Å². The summed E-state index contributed by atoms with van der Waals surface area (Å²) in [7, 11) is 4.64. The third-order valence-electron chi connectivity index (χ3n) is 16.7. The van der Waals surface area contributed by atoms with Crippen molar-refractivity contribution in [1.29, 1.82) is 0 Å². The van der Waals surface area contributed by atoms with Crippen molar-refractivity contribution in [2.24, 2.45) is 22.7 Å². The molecule has 16 nitrogen and oxygen atoms in total. The van der Waals surface area contributed by atoms with Crippen LogP contribution in [0.3, 0.4) is 0 Å². The number of rotatable bonds is 10. The van der Waals surface area contributed by atoms with Crippen LogP contribution in [0.1, 0.15) is 106 Å². The summed E-state index contributed by atoms with van der Waals surface area (Å²) in [5, 5.41) is 80.3. The van der Waals surface area contributed by atoms with Gasteiger partial charge < -0.3 is 78.4 Å². The summed E-state index contributed by atoms with van der Waals surface area (Å²) in [6, 6.07) is 0. The summed E-state index contributed by atoms with van der Waals surface area (Å²) in [6.07, 6.45) is -6.94. The zero-order valence-electron chi connectivity index (χ0n) is 35.8. The van der Waals surface area contributed by atoms with Gasteiger partial charge in [-0.15, -0.1) is 0 Å². The minimum Gasteiger partial charge on any atom is -0.392 e. The van der Waals surface area contributed by atoms with Gasteiger partial charge in [-0.05, 0) is 96.3 Å². The minimum atomic E-state index is -1.76. The first-order valence-corrected chi connectivity index (χ1v) is 21.6. The van der Waals surface area contributed by atoms with Crippen LogP contribution in [0.5, 0.6) is 0 Å². The molecule has 0 aromatic carbocycles. The number of aliphatic hydroxyl groups is 7. The van der Waals surface area contributed by atoms with Gasteiger partial charge in [-0.2, -0.15) is 0 Å². The normalized spacial score (nSPS) is 56.6. The van der Waals surface area contributed by atoms with E-state index in [1.807, 2.05) is 13.8 Å². The van der Waals surface area contributed by atoms with Gasteiger partial charge in [-0.3, -0.25) is 0 Å². The summed E-state index contributed by atoms with van der Waals surface area (Å²) in [5.74, 6) is -0.233. The van der Waals surface area contributed by atoms with Crippen LogP contribution in [0.25, 0.3) is 0 Å². The van der Waals surface area contributed by atoms with E-state index in [4.69, 9.17) is 42.6 Å². The zero-order chi connectivity index (χ0) is 42.3. The van der Waals surface area contributed by atoms with Crippen LogP contribution in [0.2, 0.25) is 0 Å². The third-order valence-corrected chi connectivity index (χ3v) is 16.7. The van der Waals surface area contributed by atoms with Crippen molar-refractivity contribution < 1.29 is 78.4 Å². The lowest BCUT2D eigenvalue weighted by atomic mass is 9.40. The standard InChI is InChI=1S/C42H72O16/c1-20-32(45)36(52-9)33(46)37(55-20)58-35-22(3)54-31(18-27(35)51-8)57-34-21(2)53-30(17-26(34)50-7)56-25-11-12-38(5)24(16-25)10-13-41(48)28(38)19-29(44)39(6)40(47,23(4)43)14-15-42(39,41)49/h20-37,43-49H,10-19H2,1-9H3. The van der Waals surface area contributed by atoms with Crippen LogP contribution in [0, 0.1) is 22.7 Å². The summed E-state index contributed by atoms with van der Waals surface area (Å²) in [6.45, 7) is 10.8. The Morgan fingerprint density at radius 2 is 1.24 bits per heavy atom. The summed E-state index contributed by atoms with van der Waals surface area (Å²) < 4.78 is 55.2. The Kier molecular flexibility index (Phi) is 12.9. The van der Waals surface area contributed by atoms with E-state index in [0.717, 1.165) is 12.8 Å². The molecule has 0 spiro atoms. The van der Waals surface area contributed by atoms with Crippen molar-refractivity contribution in [3.8, 4) is 0 Å². The molecule has 4 aliphatic carbocycles. The fourth-order valence-corrected chi connectivity index (χ4v) is 13.0. The third kappa shape index (κ3) is 6.96. The molecule has 4 saturated carbocycles. The van der Waals surface area contributed by atoms with Gasteiger partial charge in [0.1, 0.15) is 41.7 Å². The van der Waals surface area contributed by atoms with E-state index in [9.17, 15) is 35.7 Å². The van der Waals surface area contributed by atoms with E-state index in [0.29, 0.717) is 32.1 Å². The molecular formula is C42H72O16. The summed E-state index contributed by atoms with van der Waals surface area (Å²) >= 11 is 0. The number of hydrogen-bond donors (Lipinski definition) is 7. The molecule has 0 radical (unpaired) electrons. The second-order valence-corrected chi connectivity index (χ2v) is 19.3. The van der Waals surface area contributed by atoms with Crippen molar-refractivity contribution in [3.05, 3.63) is 0 Å². The van der Waals surface area contributed by atoms with Gasteiger partial charge in [0.25, 0.3) is 0 Å². The van der Waals surface area contributed by atoms with Crippen LogP contribution in [0.15, 0.2) is 0 Å². The number of hydrogen-bond acceptors (Lipinski definition) is 16. The smallest absolute Gasteiger partial charge is 0.187 e. The fraction of sp³-hybridized carbons (Fsp3) is 1.00. The molecule has 0 amide bonds. The van der Waals surface area contributed by atoms with Crippen LogP contribution >= 0.6 is 0 Å². The average Bonchev–Trinajstić information content (AvgIpc) is 3.41. The molecule has 3 saturated heterocycles. The number of fused-ring (bicyclic) bond motifs is 5. The van der Waals surface area contributed by atoms with Gasteiger partial charge in [0, 0.05) is 34.2 Å². The Morgan fingerprint density at radius 3 is 1.83 bits per heavy atom. The minimum absolute atomic E-state index is 0.0916. The van der Waals surface area contributed by atoms with Crippen LogP contribution in [0.4, 0.5) is 0 Å². The van der Waals surface area contributed by atoms with Crippen molar-refractivity contribution in [3.63, 3.8) is 0 Å². The van der Waals surface area contributed by atoms with Crippen molar-refractivity contribution in [1.82, 2.24) is 0 Å². The lowest BCUT2D eigenvalue weighted by Crippen LogP contribution is -2.79. The van der Waals surface area contributed by atoms with Gasteiger partial charge in [0.15, 0.2) is 18.9 Å². The first kappa shape index (κ1) is 45.4. The SMILES string of the molecule is COC1CC(OC2CCC3(C)C(CCC4(O)C3CC(O)C3(C)C(O)(C(C)O)CCC43O)C2)OC(C)C1OC1CC(OC)C(OC2OC(C)C(O)C(OC)C2O)C(C)O1. The lowest BCUT2D eigenvalue weighted by molar-refractivity contribution is -0.353. The van der Waals surface area contributed by atoms with Crippen molar-refractivity contribution in [2.75, 3.05) is 21.3 Å². The molecule has 336 valence electrons. The summed E-state index contributed by atoms with van der Waals surface area (Å²) in [5.41, 5.74) is -6.89. The molecule has 0 bridgehead atoms. The Morgan fingerprint density at radius 1 is 0.638 bits per heavy atom. The summed E-state index contributed by atoms with van der Waals surface area (Å²) in [4.78, 5) is 0. The topological polar surface area (TPSA) is 225 Å². The maximum atomic E-state index is 12.6. The van der Waals surface area contributed by atoms with E-state index in [-0.39, 0.29) is 42.8 Å². The van der Waals surface area contributed by atoms with Crippen molar-refractivity contribution >= 4 is 0 Å². The monoisotopic (exact) mass is 832 g/mol. The maximum Gasteiger partial charge on any atom is 0.187 e. The van der Waals surface area contributed by atoms with Gasteiger partial charge in [-0.1, -0.05) is 13.8 Å². The van der Waals surface area contributed by atoms with E-state index in [1.54, 1.807) is 28.1 Å². The van der Waals surface area contributed by atoms with E-state index in [1.165, 1.54) is 14.0 Å². The average molecular weight is 833 g/mol. The Balaban J connectivity index is 0.952. The molecule has 16 heteroatoms. The number of ether oxygens (including phenoxy) is 9. The highest BCUT2D eigenvalue weighted by Crippen LogP contribution is 2.71. The molecule has 7 N–H and O–H groups in total. The molecule has 23 atom stereocenters. The second-order valence-electron chi connectivity index (χ2n) is 19.3. The molecule has 58 heavy (non-hydrogen) atoms. The maximum absolute atomic E-state index is 12.6. The molecule has 3 aliphatic heterocycles. The fourth-order valence-electron chi connectivity index (χ4n) is 13.0. The quantitative estimate of drug-likeness (QED) is 0.154. The van der Waals surface area contributed by atoms with Crippen LogP contribution in [-0.4, -0.2) is 172 Å². The molecular weight excluding hydrogens is 760 g/mol. The van der Waals surface area contributed by atoms with E-state index in [2.05, 4.69) is 6.92 Å². The van der Waals surface area contributed by atoms with Gasteiger partial charge in [0.2, 0.25) is 0 Å². The molecule has 23 unspecified atom stereocenters. The molecule has 0 aromatic heterocycles. The van der Waals surface area contributed by atoms with Crippen molar-refractivity contribution in [2.45, 2.75) is 221 Å². The molecule has 7 fully saturated rings. The Bertz CT molecular complexity index is 1420. The molecule has 3 heterocycles. The first-order valence-electron chi connectivity index (χ1n) is 21.6. The predicted octanol–water partition coefficient (Wildman–Crippen LogP) is 1.28. The molecule has 0 aromatic rings. The highest BCUT2D eigenvalue weighted by Gasteiger charge is 2.80. The highest BCUT2D eigenvalue weighted by atomic mass is 16.8. The highest BCUT2D eigenvalue weighted by molar-refractivity contribution is 5.30. The van der Waals surface area contributed by atoms with Crippen LogP contribution in [-0.2, 0) is 42.6 Å². The van der Waals surface area contributed by atoms with Gasteiger partial charge >= 0.3 is 0 Å².